The van der Waals surface area contributed by atoms with Gasteiger partial charge in [-0.1, -0.05) is 48.0 Å². The highest BCUT2D eigenvalue weighted by Crippen LogP contribution is 2.33. The molecule has 0 radical (unpaired) electrons. The minimum atomic E-state index is -0.181. The molecular formula is C18H16N2OS. The zero-order chi connectivity index (χ0) is 15.5. The highest BCUT2D eigenvalue weighted by atomic mass is 32.1. The van der Waals surface area contributed by atoms with Gasteiger partial charge in [0.2, 0.25) is 0 Å². The van der Waals surface area contributed by atoms with Gasteiger partial charge in [0.15, 0.2) is 0 Å². The minimum Gasteiger partial charge on any atom is -0.390 e. The van der Waals surface area contributed by atoms with Gasteiger partial charge < -0.3 is 11.1 Å². The minimum absolute atomic E-state index is 0.181. The van der Waals surface area contributed by atoms with Crippen molar-refractivity contribution in [3.8, 4) is 10.4 Å². The van der Waals surface area contributed by atoms with Crippen molar-refractivity contribution in [3.63, 3.8) is 0 Å². The summed E-state index contributed by atoms with van der Waals surface area (Å²) in [6.45, 7) is 2.01. The molecular weight excluding hydrogens is 292 g/mol. The van der Waals surface area contributed by atoms with Crippen LogP contribution in [0.3, 0.4) is 0 Å². The number of aryl methyl sites for hydroxylation is 1. The van der Waals surface area contributed by atoms with Crippen molar-refractivity contribution in [2.45, 2.75) is 6.92 Å². The number of thiophene rings is 1. The predicted molar refractivity (Wildman–Crippen MR) is 93.3 cm³/mol. The molecule has 3 aromatic rings. The highest BCUT2D eigenvalue weighted by Gasteiger charge is 2.15. The average Bonchev–Trinajstić information content (AvgIpc) is 2.92. The van der Waals surface area contributed by atoms with Gasteiger partial charge in [-0.2, -0.15) is 0 Å². The van der Waals surface area contributed by atoms with Crippen LogP contribution in [-0.2, 0) is 0 Å². The van der Waals surface area contributed by atoms with E-state index in [1.54, 1.807) is 0 Å². The molecule has 1 aromatic heterocycles. The van der Waals surface area contributed by atoms with Gasteiger partial charge in [0.05, 0.1) is 10.6 Å². The molecule has 22 heavy (non-hydrogen) atoms. The molecule has 0 atom stereocenters. The van der Waals surface area contributed by atoms with Crippen molar-refractivity contribution in [1.29, 1.82) is 0 Å². The van der Waals surface area contributed by atoms with Crippen LogP contribution in [0.4, 0.5) is 10.7 Å². The Balaban J connectivity index is 1.84. The van der Waals surface area contributed by atoms with Gasteiger partial charge in [0.25, 0.3) is 5.91 Å². The number of anilines is 2. The van der Waals surface area contributed by atoms with E-state index >= 15 is 0 Å². The quantitative estimate of drug-likeness (QED) is 0.745. The van der Waals surface area contributed by atoms with Crippen molar-refractivity contribution < 1.29 is 4.79 Å². The Morgan fingerprint density at radius 3 is 2.41 bits per heavy atom. The zero-order valence-corrected chi connectivity index (χ0v) is 13.0. The van der Waals surface area contributed by atoms with Gasteiger partial charge in [0, 0.05) is 10.6 Å². The number of nitrogens with two attached hydrogens (primary N) is 1. The Kier molecular flexibility index (Phi) is 3.94. The first-order valence-corrected chi connectivity index (χ1v) is 7.78. The molecule has 0 aliphatic carbocycles. The van der Waals surface area contributed by atoms with Crippen LogP contribution in [0.1, 0.15) is 15.9 Å². The van der Waals surface area contributed by atoms with Gasteiger partial charge in [-0.15, -0.1) is 11.3 Å². The van der Waals surface area contributed by atoms with E-state index < -0.39 is 0 Å². The summed E-state index contributed by atoms with van der Waals surface area (Å²) in [6.07, 6.45) is 0. The molecule has 110 valence electrons. The molecule has 3 rings (SSSR count). The maximum atomic E-state index is 12.4. The van der Waals surface area contributed by atoms with Gasteiger partial charge in [-0.05, 0) is 30.7 Å². The van der Waals surface area contributed by atoms with Crippen molar-refractivity contribution in [2.75, 3.05) is 11.1 Å². The molecule has 0 saturated heterocycles. The van der Waals surface area contributed by atoms with Crippen LogP contribution in [0.25, 0.3) is 10.4 Å². The van der Waals surface area contributed by atoms with E-state index in [0.29, 0.717) is 10.6 Å². The molecule has 0 aliphatic rings. The van der Waals surface area contributed by atoms with Gasteiger partial charge >= 0.3 is 0 Å². The number of amides is 1. The van der Waals surface area contributed by atoms with Crippen molar-refractivity contribution in [3.05, 3.63) is 71.8 Å². The van der Waals surface area contributed by atoms with E-state index in [2.05, 4.69) is 5.32 Å². The number of nitrogen functional groups attached to an aromatic ring is 1. The first-order valence-electron chi connectivity index (χ1n) is 6.96. The molecule has 0 saturated carbocycles. The van der Waals surface area contributed by atoms with Crippen LogP contribution in [0.15, 0.2) is 60.7 Å². The molecule has 0 fully saturated rings. The fourth-order valence-corrected chi connectivity index (χ4v) is 3.09. The van der Waals surface area contributed by atoms with Gasteiger partial charge in [-0.25, -0.2) is 0 Å². The lowest BCUT2D eigenvalue weighted by Crippen LogP contribution is -2.12. The Bertz CT molecular complexity index is 792. The highest BCUT2D eigenvalue weighted by molar-refractivity contribution is 7.19. The summed E-state index contributed by atoms with van der Waals surface area (Å²) >= 11 is 1.43. The van der Waals surface area contributed by atoms with Crippen LogP contribution < -0.4 is 11.1 Å². The predicted octanol–water partition coefficient (Wildman–Crippen LogP) is 4.56. The standard InChI is InChI=1S/C18H16N2OS/c1-12-7-9-14(10-8-12)20-18(21)15-11-16(22-17(15)19)13-5-3-2-4-6-13/h2-11H,19H2,1H3,(H,20,21). The molecule has 2 aromatic carbocycles. The fraction of sp³-hybridized carbons (Fsp3) is 0.0556. The molecule has 0 bridgehead atoms. The number of benzene rings is 2. The maximum absolute atomic E-state index is 12.4. The third-order valence-corrected chi connectivity index (χ3v) is 4.39. The third kappa shape index (κ3) is 3.02. The molecule has 0 aliphatic heterocycles. The summed E-state index contributed by atoms with van der Waals surface area (Å²) in [6, 6.07) is 19.4. The first-order chi connectivity index (χ1) is 10.6. The van der Waals surface area contributed by atoms with E-state index in [0.717, 1.165) is 21.7 Å². The monoisotopic (exact) mass is 308 g/mol. The summed E-state index contributed by atoms with van der Waals surface area (Å²) in [7, 11) is 0. The fourth-order valence-electron chi connectivity index (χ4n) is 2.16. The number of hydrogen-bond donors (Lipinski definition) is 2. The summed E-state index contributed by atoms with van der Waals surface area (Å²) in [5, 5.41) is 3.41. The van der Waals surface area contributed by atoms with E-state index in [4.69, 9.17) is 5.73 Å². The van der Waals surface area contributed by atoms with Crippen LogP contribution >= 0.6 is 11.3 Å². The second-order valence-electron chi connectivity index (χ2n) is 5.07. The lowest BCUT2D eigenvalue weighted by Gasteiger charge is -2.04. The summed E-state index contributed by atoms with van der Waals surface area (Å²) in [5.74, 6) is -0.181. The molecule has 3 nitrogen and oxygen atoms in total. The van der Waals surface area contributed by atoms with Gasteiger partial charge in [-0.3, -0.25) is 4.79 Å². The van der Waals surface area contributed by atoms with Crippen LogP contribution in [0, 0.1) is 6.92 Å². The summed E-state index contributed by atoms with van der Waals surface area (Å²) < 4.78 is 0. The van der Waals surface area contributed by atoms with Crippen molar-refractivity contribution in [1.82, 2.24) is 0 Å². The van der Waals surface area contributed by atoms with Crippen LogP contribution in [-0.4, -0.2) is 5.91 Å². The Hall–Kier alpha value is -2.59. The number of hydrogen-bond acceptors (Lipinski definition) is 3. The second kappa shape index (κ2) is 6.03. The maximum Gasteiger partial charge on any atom is 0.258 e. The Labute approximate surface area is 133 Å². The van der Waals surface area contributed by atoms with Crippen molar-refractivity contribution >= 4 is 27.9 Å². The Morgan fingerprint density at radius 2 is 1.73 bits per heavy atom. The summed E-state index contributed by atoms with van der Waals surface area (Å²) in [5.41, 5.74) is 9.51. The first kappa shape index (κ1) is 14.4. The number of rotatable bonds is 3. The SMILES string of the molecule is Cc1ccc(NC(=O)c2cc(-c3ccccc3)sc2N)cc1. The van der Waals surface area contributed by atoms with Crippen molar-refractivity contribution in [2.24, 2.45) is 0 Å². The third-order valence-electron chi connectivity index (χ3n) is 3.37. The largest absolute Gasteiger partial charge is 0.390 e. The number of carbonyl (C=O) groups excluding carboxylic acids is 1. The zero-order valence-electron chi connectivity index (χ0n) is 12.2. The molecule has 1 amide bonds. The van der Waals surface area contributed by atoms with Crippen LogP contribution in [0.5, 0.6) is 0 Å². The van der Waals surface area contributed by atoms with Crippen LogP contribution in [0.2, 0.25) is 0 Å². The van der Waals surface area contributed by atoms with E-state index in [9.17, 15) is 4.79 Å². The molecule has 3 N–H and O–H groups in total. The van der Waals surface area contributed by atoms with Gasteiger partial charge in [0.1, 0.15) is 0 Å². The molecule has 4 heteroatoms. The molecule has 0 spiro atoms. The smallest absolute Gasteiger partial charge is 0.258 e. The normalized spacial score (nSPS) is 10.4. The topological polar surface area (TPSA) is 55.1 Å². The Morgan fingerprint density at radius 1 is 1.05 bits per heavy atom. The molecule has 0 unspecified atom stereocenters. The lowest BCUT2D eigenvalue weighted by molar-refractivity contribution is 0.102. The molecule has 1 heterocycles. The second-order valence-corrected chi connectivity index (χ2v) is 6.16. The average molecular weight is 308 g/mol. The summed E-state index contributed by atoms with van der Waals surface area (Å²) in [4.78, 5) is 13.4. The van der Waals surface area contributed by atoms with E-state index in [1.807, 2.05) is 67.6 Å². The number of nitrogens with one attached hydrogen (secondary N) is 1. The van der Waals surface area contributed by atoms with E-state index in [1.165, 1.54) is 11.3 Å². The van der Waals surface area contributed by atoms with E-state index in [-0.39, 0.29) is 5.91 Å². The lowest BCUT2D eigenvalue weighted by atomic mass is 10.1. The number of carbonyl (C=O) groups is 1.